The van der Waals surface area contributed by atoms with Gasteiger partial charge in [-0.3, -0.25) is 4.79 Å². The van der Waals surface area contributed by atoms with Crippen LogP contribution in [0.3, 0.4) is 0 Å². The number of carbonyl (C=O) groups is 1. The van der Waals surface area contributed by atoms with E-state index in [1.165, 1.54) is 6.08 Å². The Morgan fingerprint density at radius 1 is 1.06 bits per heavy atom. The number of hydrogen-bond donors (Lipinski definition) is 1. The second-order valence-electron chi connectivity index (χ2n) is 7.40. The molecule has 0 atom stereocenters. The van der Waals surface area contributed by atoms with Gasteiger partial charge in [0.25, 0.3) is 0 Å². The maximum Gasteiger partial charge on any atom is 0.244 e. The lowest BCUT2D eigenvalue weighted by Gasteiger charge is -2.07. The Balaban J connectivity index is 1.40. The molecule has 0 saturated heterocycles. The fourth-order valence-corrected chi connectivity index (χ4v) is 3.42. The first-order chi connectivity index (χ1) is 15.6. The summed E-state index contributed by atoms with van der Waals surface area (Å²) in [5, 5.41) is 2.92. The summed E-state index contributed by atoms with van der Waals surface area (Å²) in [7, 11) is 0. The Hall–Kier alpha value is -4.43. The third kappa shape index (κ3) is 5.00. The summed E-state index contributed by atoms with van der Waals surface area (Å²) in [4.78, 5) is 20.2. The van der Waals surface area contributed by atoms with Crippen molar-refractivity contribution < 1.29 is 4.79 Å². The number of hydrogen-bond acceptors (Lipinski definition) is 2. The smallest absolute Gasteiger partial charge is 0.244 e. The van der Waals surface area contributed by atoms with Crippen LogP contribution in [0.5, 0.6) is 0 Å². The Bertz CT molecular complexity index is 1310. The van der Waals surface area contributed by atoms with Gasteiger partial charge in [0.2, 0.25) is 11.6 Å². The lowest BCUT2D eigenvalue weighted by Crippen LogP contribution is -2.20. The molecule has 3 aromatic carbocycles. The van der Waals surface area contributed by atoms with Gasteiger partial charge >= 0.3 is 0 Å². The van der Waals surface area contributed by atoms with Gasteiger partial charge in [0.05, 0.1) is 24.3 Å². The van der Waals surface area contributed by atoms with Crippen molar-refractivity contribution in [2.45, 2.75) is 13.5 Å². The molecule has 0 spiro atoms. The van der Waals surface area contributed by atoms with Crippen LogP contribution >= 0.6 is 0 Å². The van der Waals surface area contributed by atoms with E-state index in [1.54, 1.807) is 18.5 Å². The number of imidazole rings is 1. The van der Waals surface area contributed by atoms with Crippen LogP contribution < -0.4 is 5.32 Å². The number of amides is 1. The van der Waals surface area contributed by atoms with Crippen molar-refractivity contribution in [3.63, 3.8) is 0 Å². The summed E-state index contributed by atoms with van der Waals surface area (Å²) in [6.07, 6.45) is 6.77. The molecule has 1 N–H and O–H groups in total. The summed E-state index contributed by atoms with van der Waals surface area (Å²) in [5.74, 6) is -0.186. The number of aromatic nitrogens is 2. The fourth-order valence-electron chi connectivity index (χ4n) is 3.42. The van der Waals surface area contributed by atoms with Crippen molar-refractivity contribution in [2.24, 2.45) is 0 Å². The van der Waals surface area contributed by atoms with Crippen LogP contribution in [0.4, 0.5) is 5.69 Å². The number of benzene rings is 3. The van der Waals surface area contributed by atoms with E-state index in [2.05, 4.69) is 39.4 Å². The maximum absolute atomic E-state index is 12.3. The number of nitrogens with one attached hydrogen (secondary N) is 1. The minimum atomic E-state index is -0.186. The van der Waals surface area contributed by atoms with E-state index in [4.69, 9.17) is 6.57 Å². The highest BCUT2D eigenvalue weighted by Gasteiger charge is 2.06. The molecule has 0 bridgehead atoms. The van der Waals surface area contributed by atoms with Gasteiger partial charge in [-0.15, -0.1) is 0 Å². The summed E-state index contributed by atoms with van der Waals surface area (Å²) in [6, 6.07) is 23.8. The minimum Gasteiger partial charge on any atom is -0.348 e. The summed E-state index contributed by atoms with van der Waals surface area (Å²) >= 11 is 0. The first-order valence-electron chi connectivity index (χ1n) is 10.2. The largest absolute Gasteiger partial charge is 0.348 e. The molecule has 5 nitrogen and oxygen atoms in total. The second-order valence-corrected chi connectivity index (χ2v) is 7.40. The lowest BCUT2D eigenvalue weighted by atomic mass is 10.0. The standard InChI is InChI=1S/C27H22N4O/c1-20-18-31(19-30-20)26-13-11-21(16-25(26)28-2)12-14-27(32)29-17-22-7-6-10-24(15-22)23-8-4-3-5-9-23/h3-16,18-19H,17H2,1H3,(H,29,32)/b14-12+. The van der Waals surface area contributed by atoms with Crippen LogP contribution in [0.2, 0.25) is 0 Å². The molecule has 0 fully saturated rings. The first kappa shape index (κ1) is 20.8. The third-order valence-corrected chi connectivity index (χ3v) is 5.04. The monoisotopic (exact) mass is 418 g/mol. The second kappa shape index (κ2) is 9.59. The highest BCUT2D eigenvalue weighted by Crippen LogP contribution is 2.26. The normalized spacial score (nSPS) is 10.8. The van der Waals surface area contributed by atoms with Crippen molar-refractivity contribution >= 4 is 17.7 Å². The minimum absolute atomic E-state index is 0.186. The molecule has 0 radical (unpaired) electrons. The molecular weight excluding hydrogens is 396 g/mol. The Kier molecular flexibility index (Phi) is 6.24. The highest BCUT2D eigenvalue weighted by atomic mass is 16.1. The van der Waals surface area contributed by atoms with E-state index < -0.39 is 0 Å². The molecule has 1 heterocycles. The predicted octanol–water partition coefficient (Wildman–Crippen LogP) is 5.73. The van der Waals surface area contributed by atoms with Crippen molar-refractivity contribution in [1.29, 1.82) is 0 Å². The zero-order valence-electron chi connectivity index (χ0n) is 17.7. The average Bonchev–Trinajstić information content (AvgIpc) is 3.28. The van der Waals surface area contributed by atoms with Crippen molar-refractivity contribution in [2.75, 3.05) is 0 Å². The highest BCUT2D eigenvalue weighted by molar-refractivity contribution is 5.92. The third-order valence-electron chi connectivity index (χ3n) is 5.04. The van der Waals surface area contributed by atoms with E-state index >= 15 is 0 Å². The van der Waals surface area contributed by atoms with Gasteiger partial charge in [0.15, 0.2) is 0 Å². The van der Waals surface area contributed by atoms with Crippen molar-refractivity contribution in [3.05, 3.63) is 120 Å². The topological polar surface area (TPSA) is 51.3 Å². The van der Waals surface area contributed by atoms with Gasteiger partial charge in [-0.2, -0.15) is 0 Å². The lowest BCUT2D eigenvalue weighted by molar-refractivity contribution is -0.116. The van der Waals surface area contributed by atoms with Crippen LogP contribution in [0.15, 0.2) is 91.4 Å². The average molecular weight is 419 g/mol. The molecule has 0 aliphatic carbocycles. The molecule has 32 heavy (non-hydrogen) atoms. The Morgan fingerprint density at radius 3 is 2.62 bits per heavy atom. The quantitative estimate of drug-likeness (QED) is 0.321. The van der Waals surface area contributed by atoms with Crippen molar-refractivity contribution in [3.8, 4) is 16.8 Å². The van der Waals surface area contributed by atoms with E-state index in [9.17, 15) is 4.79 Å². The maximum atomic E-state index is 12.3. The number of carbonyl (C=O) groups excluding carboxylic acids is 1. The zero-order chi connectivity index (χ0) is 22.3. The number of aryl methyl sites for hydroxylation is 1. The molecule has 0 unspecified atom stereocenters. The molecule has 4 aromatic rings. The molecule has 0 aliphatic heterocycles. The number of nitrogens with zero attached hydrogens (tertiary/aromatic N) is 3. The van der Waals surface area contributed by atoms with E-state index in [1.807, 2.05) is 60.2 Å². The van der Waals surface area contributed by atoms with Crippen LogP contribution in [0, 0.1) is 13.5 Å². The van der Waals surface area contributed by atoms with Crippen LogP contribution in [0.1, 0.15) is 16.8 Å². The summed E-state index contributed by atoms with van der Waals surface area (Å²) < 4.78 is 1.83. The van der Waals surface area contributed by atoms with Gasteiger partial charge in [-0.1, -0.05) is 60.7 Å². The molecule has 1 aromatic heterocycles. The summed E-state index contributed by atoms with van der Waals surface area (Å²) in [6.45, 7) is 9.83. The van der Waals surface area contributed by atoms with E-state index in [-0.39, 0.29) is 5.91 Å². The van der Waals surface area contributed by atoms with E-state index in [0.29, 0.717) is 12.2 Å². The first-order valence-corrected chi connectivity index (χ1v) is 10.2. The van der Waals surface area contributed by atoms with Gasteiger partial charge in [0, 0.05) is 18.8 Å². The van der Waals surface area contributed by atoms with E-state index in [0.717, 1.165) is 33.6 Å². The van der Waals surface area contributed by atoms with Gasteiger partial charge in [0.1, 0.15) is 0 Å². The predicted molar refractivity (Wildman–Crippen MR) is 127 cm³/mol. The molecule has 5 heteroatoms. The molecule has 0 saturated carbocycles. The summed E-state index contributed by atoms with van der Waals surface area (Å²) in [5.41, 5.74) is 6.23. The van der Waals surface area contributed by atoms with Crippen molar-refractivity contribution in [1.82, 2.24) is 14.9 Å². The molecule has 4 rings (SSSR count). The Labute approximate surface area is 187 Å². The fraction of sp³-hybridized carbons (Fsp3) is 0.0741. The SMILES string of the molecule is [C-]#[N+]c1cc(/C=C/C(=O)NCc2cccc(-c3ccccc3)c2)ccc1-n1cnc(C)c1. The van der Waals surface area contributed by atoms with Gasteiger partial charge in [-0.25, -0.2) is 9.83 Å². The van der Waals surface area contributed by atoms with Gasteiger partial charge < -0.3 is 9.88 Å². The van der Waals surface area contributed by atoms with Crippen LogP contribution in [-0.2, 0) is 11.3 Å². The van der Waals surface area contributed by atoms with Crippen LogP contribution in [-0.4, -0.2) is 15.5 Å². The Morgan fingerprint density at radius 2 is 1.88 bits per heavy atom. The molecule has 1 amide bonds. The molecule has 0 aliphatic rings. The van der Waals surface area contributed by atoms with Gasteiger partial charge in [-0.05, 0) is 47.4 Å². The molecule has 156 valence electrons. The number of rotatable bonds is 6. The zero-order valence-corrected chi connectivity index (χ0v) is 17.7. The molecular formula is C27H22N4O. The van der Waals surface area contributed by atoms with Crippen LogP contribution in [0.25, 0.3) is 27.7 Å².